The van der Waals surface area contributed by atoms with Gasteiger partial charge in [0, 0.05) is 18.0 Å². The maximum atomic E-state index is 12.4. The highest BCUT2D eigenvalue weighted by Crippen LogP contribution is 2.12. The molecule has 1 amide bonds. The first-order valence-corrected chi connectivity index (χ1v) is 8.09. The summed E-state index contributed by atoms with van der Waals surface area (Å²) in [5.74, 6) is 0.185. The van der Waals surface area contributed by atoms with Crippen LogP contribution in [0, 0.1) is 0 Å². The van der Waals surface area contributed by atoms with Gasteiger partial charge in [0.1, 0.15) is 0 Å². The van der Waals surface area contributed by atoms with E-state index < -0.39 is 0 Å². The van der Waals surface area contributed by atoms with Crippen molar-refractivity contribution in [1.82, 2.24) is 9.80 Å². The molecular weight excluding hydrogens is 280 g/mol. The lowest BCUT2D eigenvalue weighted by Gasteiger charge is -2.24. The third kappa shape index (κ3) is 4.99. The van der Waals surface area contributed by atoms with Gasteiger partial charge in [-0.1, -0.05) is 36.4 Å². The van der Waals surface area contributed by atoms with Crippen molar-refractivity contribution in [2.24, 2.45) is 0 Å². The Bertz CT molecular complexity index is 539. The van der Waals surface area contributed by atoms with Crippen LogP contribution >= 0.6 is 11.3 Å². The van der Waals surface area contributed by atoms with Gasteiger partial charge in [-0.05, 0) is 31.0 Å². The number of hydrogen-bond donors (Lipinski definition) is 0. The molecule has 1 heterocycles. The Morgan fingerprint density at radius 3 is 2.48 bits per heavy atom. The first-order valence-electron chi connectivity index (χ1n) is 7.21. The van der Waals surface area contributed by atoms with Crippen molar-refractivity contribution in [2.45, 2.75) is 20.0 Å². The Morgan fingerprint density at radius 1 is 1.10 bits per heavy atom. The van der Waals surface area contributed by atoms with Crippen molar-refractivity contribution in [3.8, 4) is 0 Å². The van der Waals surface area contributed by atoms with E-state index in [1.165, 1.54) is 10.4 Å². The molecule has 0 saturated carbocycles. The lowest BCUT2D eigenvalue weighted by Crippen LogP contribution is -2.38. The van der Waals surface area contributed by atoms with E-state index in [2.05, 4.69) is 28.5 Å². The molecule has 1 aromatic heterocycles. The number of likely N-dealkylation sites (N-methyl/N-ethyl adjacent to an activating group) is 2. The van der Waals surface area contributed by atoms with E-state index in [0.29, 0.717) is 13.1 Å². The molecule has 1 aromatic carbocycles. The van der Waals surface area contributed by atoms with Gasteiger partial charge >= 0.3 is 0 Å². The lowest BCUT2D eigenvalue weighted by atomic mass is 10.2. The lowest BCUT2D eigenvalue weighted by molar-refractivity contribution is -0.132. The zero-order valence-corrected chi connectivity index (χ0v) is 13.5. The van der Waals surface area contributed by atoms with E-state index in [-0.39, 0.29) is 5.91 Å². The topological polar surface area (TPSA) is 23.6 Å². The fourth-order valence-electron chi connectivity index (χ4n) is 2.25. The van der Waals surface area contributed by atoms with E-state index in [9.17, 15) is 4.79 Å². The van der Waals surface area contributed by atoms with Gasteiger partial charge in [0.25, 0.3) is 0 Å². The normalized spacial score (nSPS) is 10.8. The molecule has 21 heavy (non-hydrogen) atoms. The Hall–Kier alpha value is -1.65. The maximum absolute atomic E-state index is 12.4. The standard InChI is InChI=1S/C17H22N2OS/c1-3-19(13-16-10-7-11-21-16)17(20)14-18(2)12-15-8-5-4-6-9-15/h4-11H,3,12-14H2,1-2H3. The number of thiophene rings is 1. The van der Waals surface area contributed by atoms with Crippen LogP contribution in [-0.2, 0) is 17.9 Å². The Labute approximate surface area is 130 Å². The summed E-state index contributed by atoms with van der Waals surface area (Å²) in [6, 6.07) is 14.3. The molecule has 0 fully saturated rings. The number of carbonyl (C=O) groups is 1. The van der Waals surface area contributed by atoms with Gasteiger partial charge < -0.3 is 4.90 Å². The average molecular weight is 302 g/mol. The summed E-state index contributed by atoms with van der Waals surface area (Å²) in [6.45, 7) is 4.74. The summed E-state index contributed by atoms with van der Waals surface area (Å²) in [5.41, 5.74) is 1.23. The molecule has 0 aliphatic rings. The van der Waals surface area contributed by atoms with Crippen LogP contribution in [0.3, 0.4) is 0 Å². The SMILES string of the molecule is CCN(Cc1cccs1)C(=O)CN(C)Cc1ccccc1. The molecule has 0 unspecified atom stereocenters. The molecule has 2 aromatic rings. The van der Waals surface area contributed by atoms with Crippen LogP contribution < -0.4 is 0 Å². The highest BCUT2D eigenvalue weighted by molar-refractivity contribution is 7.09. The molecule has 4 heteroatoms. The van der Waals surface area contributed by atoms with Gasteiger partial charge in [0.15, 0.2) is 0 Å². The van der Waals surface area contributed by atoms with Crippen molar-refractivity contribution < 1.29 is 4.79 Å². The molecule has 0 N–H and O–H groups in total. The minimum atomic E-state index is 0.185. The van der Waals surface area contributed by atoms with Crippen LogP contribution in [0.5, 0.6) is 0 Å². The first-order chi connectivity index (χ1) is 10.2. The zero-order chi connectivity index (χ0) is 15.1. The fraction of sp³-hybridized carbons (Fsp3) is 0.353. The molecule has 0 aliphatic heterocycles. The monoisotopic (exact) mass is 302 g/mol. The van der Waals surface area contributed by atoms with E-state index in [1.54, 1.807) is 11.3 Å². The van der Waals surface area contributed by atoms with E-state index in [1.807, 2.05) is 43.1 Å². The fourth-order valence-corrected chi connectivity index (χ4v) is 2.97. The maximum Gasteiger partial charge on any atom is 0.237 e. The number of carbonyl (C=O) groups excluding carboxylic acids is 1. The van der Waals surface area contributed by atoms with E-state index in [4.69, 9.17) is 0 Å². The van der Waals surface area contributed by atoms with Gasteiger partial charge in [-0.25, -0.2) is 0 Å². The smallest absolute Gasteiger partial charge is 0.237 e. The quantitative estimate of drug-likeness (QED) is 0.784. The van der Waals surface area contributed by atoms with Crippen molar-refractivity contribution in [3.05, 3.63) is 58.3 Å². The second kappa shape index (κ2) is 7.96. The van der Waals surface area contributed by atoms with Crippen molar-refractivity contribution in [3.63, 3.8) is 0 Å². The summed E-state index contributed by atoms with van der Waals surface area (Å²) >= 11 is 1.70. The average Bonchev–Trinajstić information content (AvgIpc) is 2.98. The molecule has 0 radical (unpaired) electrons. The zero-order valence-electron chi connectivity index (χ0n) is 12.7. The van der Waals surface area contributed by atoms with E-state index in [0.717, 1.165) is 13.1 Å². The second-order valence-corrected chi connectivity index (χ2v) is 6.18. The van der Waals surface area contributed by atoms with Crippen LogP contribution in [0.2, 0.25) is 0 Å². The highest BCUT2D eigenvalue weighted by atomic mass is 32.1. The number of nitrogens with zero attached hydrogens (tertiary/aromatic N) is 2. The van der Waals surface area contributed by atoms with Crippen LogP contribution in [0.1, 0.15) is 17.4 Å². The van der Waals surface area contributed by atoms with Crippen LogP contribution in [0.4, 0.5) is 0 Å². The summed E-state index contributed by atoms with van der Waals surface area (Å²) < 4.78 is 0. The molecule has 0 saturated heterocycles. The van der Waals surface area contributed by atoms with Crippen LogP contribution in [0.25, 0.3) is 0 Å². The Kier molecular flexibility index (Phi) is 5.96. The molecule has 0 atom stereocenters. The third-order valence-electron chi connectivity index (χ3n) is 3.36. The summed E-state index contributed by atoms with van der Waals surface area (Å²) in [6.07, 6.45) is 0. The van der Waals surface area contributed by atoms with Gasteiger partial charge in [0.2, 0.25) is 5.91 Å². The van der Waals surface area contributed by atoms with Crippen molar-refractivity contribution in [1.29, 1.82) is 0 Å². The van der Waals surface area contributed by atoms with Crippen LogP contribution in [-0.4, -0.2) is 35.8 Å². The summed E-state index contributed by atoms with van der Waals surface area (Å²) in [5, 5.41) is 2.05. The number of hydrogen-bond acceptors (Lipinski definition) is 3. The van der Waals surface area contributed by atoms with Crippen molar-refractivity contribution >= 4 is 17.2 Å². The molecule has 0 bridgehead atoms. The van der Waals surface area contributed by atoms with Gasteiger partial charge in [0.05, 0.1) is 13.1 Å². The molecule has 0 spiro atoms. The van der Waals surface area contributed by atoms with Gasteiger partial charge in [-0.2, -0.15) is 0 Å². The molecular formula is C17H22N2OS. The second-order valence-electron chi connectivity index (χ2n) is 5.15. The molecule has 2 rings (SSSR count). The van der Waals surface area contributed by atoms with E-state index >= 15 is 0 Å². The largest absolute Gasteiger partial charge is 0.337 e. The number of benzene rings is 1. The first kappa shape index (κ1) is 15.7. The van der Waals surface area contributed by atoms with Crippen LogP contribution in [0.15, 0.2) is 47.8 Å². The predicted octanol–water partition coefficient (Wildman–Crippen LogP) is 3.23. The molecule has 3 nitrogen and oxygen atoms in total. The Balaban J connectivity index is 1.86. The minimum Gasteiger partial charge on any atom is -0.337 e. The Morgan fingerprint density at radius 2 is 1.86 bits per heavy atom. The highest BCUT2D eigenvalue weighted by Gasteiger charge is 2.14. The summed E-state index contributed by atoms with van der Waals surface area (Å²) in [7, 11) is 1.99. The minimum absolute atomic E-state index is 0.185. The summed E-state index contributed by atoms with van der Waals surface area (Å²) in [4.78, 5) is 17.6. The predicted molar refractivity (Wildman–Crippen MR) is 88.2 cm³/mol. The van der Waals surface area contributed by atoms with Crippen molar-refractivity contribution in [2.75, 3.05) is 20.1 Å². The van der Waals surface area contributed by atoms with Gasteiger partial charge in [-0.15, -0.1) is 11.3 Å². The third-order valence-corrected chi connectivity index (χ3v) is 4.22. The number of rotatable bonds is 7. The number of amides is 1. The molecule has 0 aliphatic carbocycles. The van der Waals surface area contributed by atoms with Gasteiger partial charge in [-0.3, -0.25) is 9.69 Å². The molecule has 112 valence electrons.